The third-order valence-electron chi connectivity index (χ3n) is 3.08. The number of amides is 1. The van der Waals surface area contributed by atoms with Gasteiger partial charge in [-0.15, -0.1) is 24.0 Å². The topological polar surface area (TPSA) is 97.3 Å². The number of nitrogens with one attached hydrogen (secondary N) is 2. The van der Waals surface area contributed by atoms with Crippen LogP contribution in [0.1, 0.15) is 12.5 Å². The van der Waals surface area contributed by atoms with E-state index in [-0.39, 0.29) is 36.4 Å². The largest absolute Gasteiger partial charge is 0.370 e. The van der Waals surface area contributed by atoms with E-state index in [0.717, 1.165) is 11.1 Å². The zero-order valence-electron chi connectivity index (χ0n) is 14.1. The molecule has 8 heteroatoms. The molecule has 1 aromatic heterocycles. The molecule has 0 fully saturated rings. The summed E-state index contributed by atoms with van der Waals surface area (Å²) < 4.78 is 1.57. The van der Waals surface area contributed by atoms with Crippen LogP contribution in [0.5, 0.6) is 0 Å². The van der Waals surface area contributed by atoms with Gasteiger partial charge < -0.3 is 16.4 Å². The average Bonchev–Trinajstić information content (AvgIpc) is 3.04. The van der Waals surface area contributed by atoms with Gasteiger partial charge in [-0.1, -0.05) is 24.3 Å². The fourth-order valence-electron chi connectivity index (χ4n) is 1.96. The average molecular weight is 454 g/mol. The summed E-state index contributed by atoms with van der Waals surface area (Å²) in [5.41, 5.74) is 8.43. The Morgan fingerprint density at radius 3 is 2.88 bits per heavy atom. The summed E-state index contributed by atoms with van der Waals surface area (Å²) >= 11 is 0. The van der Waals surface area contributed by atoms with Gasteiger partial charge in [0, 0.05) is 24.6 Å². The van der Waals surface area contributed by atoms with E-state index in [1.54, 1.807) is 23.1 Å². The monoisotopic (exact) mass is 454 g/mol. The van der Waals surface area contributed by atoms with Crippen LogP contribution in [0.15, 0.2) is 59.9 Å². The zero-order valence-corrected chi connectivity index (χ0v) is 16.4. The molecule has 0 aliphatic rings. The highest BCUT2D eigenvalue weighted by Crippen LogP contribution is 2.11. The predicted octanol–water partition coefficient (Wildman–Crippen LogP) is 2.12. The van der Waals surface area contributed by atoms with E-state index in [2.05, 4.69) is 27.3 Å². The van der Waals surface area contributed by atoms with Crippen molar-refractivity contribution in [3.05, 3.63) is 60.4 Å². The van der Waals surface area contributed by atoms with Crippen molar-refractivity contribution >= 4 is 41.5 Å². The van der Waals surface area contributed by atoms with Gasteiger partial charge in [-0.25, -0.2) is 4.99 Å². The van der Waals surface area contributed by atoms with E-state index in [4.69, 9.17) is 5.73 Å². The van der Waals surface area contributed by atoms with Crippen molar-refractivity contribution in [2.75, 3.05) is 11.9 Å². The van der Waals surface area contributed by atoms with Crippen molar-refractivity contribution in [3.63, 3.8) is 0 Å². The van der Waals surface area contributed by atoms with Crippen LogP contribution in [-0.4, -0.2) is 28.2 Å². The van der Waals surface area contributed by atoms with Crippen LogP contribution < -0.4 is 16.4 Å². The molecule has 0 atom stereocenters. The molecule has 1 heterocycles. The molecule has 0 saturated carbocycles. The van der Waals surface area contributed by atoms with E-state index in [0.29, 0.717) is 24.7 Å². The molecule has 4 N–H and O–H groups in total. The number of nitrogens with two attached hydrogens (primary N) is 1. The first-order chi connectivity index (χ1) is 11.5. The minimum absolute atomic E-state index is 0. The molecule has 0 unspecified atom stereocenters. The molecule has 25 heavy (non-hydrogen) atoms. The van der Waals surface area contributed by atoms with E-state index >= 15 is 0 Å². The summed E-state index contributed by atoms with van der Waals surface area (Å²) in [5, 5.41) is 9.82. The Balaban J connectivity index is 0.00000312. The Labute approximate surface area is 164 Å². The number of carbonyl (C=O) groups is 1. The van der Waals surface area contributed by atoms with Gasteiger partial charge in [-0.05, 0) is 30.7 Å². The number of aromatic nitrogens is 2. The molecule has 0 bridgehead atoms. The van der Waals surface area contributed by atoms with Crippen LogP contribution in [0.2, 0.25) is 0 Å². The first kappa shape index (κ1) is 20.7. The van der Waals surface area contributed by atoms with Crippen molar-refractivity contribution in [2.45, 2.75) is 20.0 Å². The van der Waals surface area contributed by atoms with E-state index in [1.165, 1.54) is 0 Å². The summed E-state index contributed by atoms with van der Waals surface area (Å²) in [6.07, 6.45) is 3.38. The maximum absolute atomic E-state index is 12.0. The second kappa shape index (κ2) is 10.5. The number of hydrogen-bond donors (Lipinski definition) is 3. The lowest BCUT2D eigenvalue weighted by Crippen LogP contribution is -2.32. The quantitative estimate of drug-likeness (QED) is 0.259. The summed E-state index contributed by atoms with van der Waals surface area (Å²) in [6, 6.07) is 9.27. The fourth-order valence-corrected chi connectivity index (χ4v) is 1.96. The van der Waals surface area contributed by atoms with Crippen molar-refractivity contribution < 1.29 is 4.79 Å². The molecule has 1 amide bonds. The number of aliphatic imine (C=N–C) groups is 1. The van der Waals surface area contributed by atoms with Gasteiger partial charge in [0.2, 0.25) is 5.91 Å². The van der Waals surface area contributed by atoms with Crippen LogP contribution in [0.3, 0.4) is 0 Å². The third-order valence-corrected chi connectivity index (χ3v) is 3.08. The number of anilines is 1. The van der Waals surface area contributed by atoms with Gasteiger partial charge in [0.15, 0.2) is 5.96 Å². The SMILES string of the molecule is C=C(C)CNC(N)=NCc1cccc(NC(=O)Cn2cccn2)c1.I. The highest BCUT2D eigenvalue weighted by atomic mass is 127. The number of guanidine groups is 1. The van der Waals surface area contributed by atoms with E-state index in [9.17, 15) is 4.79 Å². The highest BCUT2D eigenvalue weighted by molar-refractivity contribution is 14.0. The Kier molecular flexibility index (Phi) is 8.68. The molecule has 1 aromatic carbocycles. The molecule has 0 aliphatic carbocycles. The summed E-state index contributed by atoms with van der Waals surface area (Å²) in [5.74, 6) is 0.230. The van der Waals surface area contributed by atoms with Gasteiger partial charge in [-0.2, -0.15) is 5.10 Å². The minimum atomic E-state index is -0.137. The second-order valence-electron chi connectivity index (χ2n) is 5.46. The highest BCUT2D eigenvalue weighted by Gasteiger charge is 2.04. The fraction of sp³-hybridized carbons (Fsp3) is 0.235. The van der Waals surface area contributed by atoms with Crippen LogP contribution in [0.25, 0.3) is 0 Å². The maximum atomic E-state index is 12.0. The standard InChI is InChI=1S/C17H22N6O.HI/c1-13(2)10-19-17(18)20-11-14-5-3-6-15(9-14)22-16(24)12-23-8-4-7-21-23;/h3-9H,1,10-12H2,2H3,(H,22,24)(H3,18,19,20);1H. The summed E-state index contributed by atoms with van der Waals surface area (Å²) in [6.45, 7) is 6.90. The first-order valence-corrected chi connectivity index (χ1v) is 7.57. The molecule has 2 aromatic rings. The molecule has 2 rings (SSSR count). The Morgan fingerprint density at radius 2 is 2.20 bits per heavy atom. The van der Waals surface area contributed by atoms with Crippen LogP contribution in [0.4, 0.5) is 5.69 Å². The first-order valence-electron chi connectivity index (χ1n) is 7.57. The number of nitrogens with zero attached hydrogens (tertiary/aromatic N) is 3. The number of halogens is 1. The smallest absolute Gasteiger partial charge is 0.246 e. The van der Waals surface area contributed by atoms with Gasteiger partial charge >= 0.3 is 0 Å². The molecular weight excluding hydrogens is 431 g/mol. The van der Waals surface area contributed by atoms with Crippen molar-refractivity contribution in [3.8, 4) is 0 Å². The minimum Gasteiger partial charge on any atom is -0.370 e. The summed E-state index contributed by atoms with van der Waals surface area (Å²) in [4.78, 5) is 16.2. The van der Waals surface area contributed by atoms with Gasteiger partial charge in [0.25, 0.3) is 0 Å². The molecule has 0 saturated heterocycles. The number of carbonyl (C=O) groups excluding carboxylic acids is 1. The van der Waals surface area contributed by atoms with Crippen LogP contribution in [-0.2, 0) is 17.9 Å². The Bertz CT molecular complexity index is 726. The van der Waals surface area contributed by atoms with Crippen LogP contribution >= 0.6 is 24.0 Å². The zero-order chi connectivity index (χ0) is 17.4. The molecule has 0 spiro atoms. The normalized spacial score (nSPS) is 10.7. The molecule has 7 nitrogen and oxygen atoms in total. The second-order valence-corrected chi connectivity index (χ2v) is 5.46. The van der Waals surface area contributed by atoms with Crippen LogP contribution in [0, 0.1) is 0 Å². The van der Waals surface area contributed by atoms with Gasteiger partial charge in [0.05, 0.1) is 6.54 Å². The number of benzene rings is 1. The van der Waals surface area contributed by atoms with E-state index < -0.39 is 0 Å². The predicted molar refractivity (Wildman–Crippen MR) is 111 cm³/mol. The Morgan fingerprint density at radius 1 is 1.40 bits per heavy atom. The number of hydrogen-bond acceptors (Lipinski definition) is 3. The molecular formula is C17H23IN6O. The lowest BCUT2D eigenvalue weighted by Gasteiger charge is -2.08. The Hall–Kier alpha value is -2.36. The lowest BCUT2D eigenvalue weighted by molar-refractivity contribution is -0.116. The summed E-state index contributed by atoms with van der Waals surface area (Å²) in [7, 11) is 0. The van der Waals surface area contributed by atoms with Crippen molar-refractivity contribution in [2.24, 2.45) is 10.7 Å². The number of rotatable bonds is 7. The molecule has 0 radical (unpaired) electrons. The van der Waals surface area contributed by atoms with Crippen molar-refractivity contribution in [1.82, 2.24) is 15.1 Å². The maximum Gasteiger partial charge on any atom is 0.246 e. The molecule has 0 aliphatic heterocycles. The van der Waals surface area contributed by atoms with Gasteiger partial charge in [0.1, 0.15) is 6.54 Å². The lowest BCUT2D eigenvalue weighted by atomic mass is 10.2. The van der Waals surface area contributed by atoms with E-state index in [1.807, 2.05) is 31.2 Å². The third kappa shape index (κ3) is 7.84. The van der Waals surface area contributed by atoms with Gasteiger partial charge in [-0.3, -0.25) is 9.48 Å². The van der Waals surface area contributed by atoms with Crippen molar-refractivity contribution in [1.29, 1.82) is 0 Å². The molecule has 134 valence electrons.